The second kappa shape index (κ2) is 6.59. The Morgan fingerprint density at radius 1 is 1.40 bits per heavy atom. The first-order valence-electron chi connectivity index (χ1n) is 8.54. The first kappa shape index (κ1) is 16.3. The SMILES string of the molecule is Cc1cc(Cl)nc2c1CN(C(=O)CC1CN(c3ccncn3)C1)CC2. The van der Waals surface area contributed by atoms with Crippen LogP contribution in [0.2, 0.25) is 5.15 Å². The molecule has 0 aliphatic carbocycles. The zero-order valence-corrected chi connectivity index (χ0v) is 14.9. The number of hydrogen-bond donors (Lipinski definition) is 0. The Morgan fingerprint density at radius 3 is 3.00 bits per heavy atom. The summed E-state index contributed by atoms with van der Waals surface area (Å²) in [7, 11) is 0. The maximum absolute atomic E-state index is 12.7. The van der Waals surface area contributed by atoms with E-state index < -0.39 is 0 Å². The summed E-state index contributed by atoms with van der Waals surface area (Å²) < 4.78 is 0. The minimum atomic E-state index is 0.229. The van der Waals surface area contributed by atoms with Crippen LogP contribution in [0.15, 0.2) is 24.7 Å². The highest BCUT2D eigenvalue weighted by Crippen LogP contribution is 2.27. The van der Waals surface area contributed by atoms with E-state index in [-0.39, 0.29) is 5.91 Å². The lowest BCUT2D eigenvalue weighted by atomic mass is 9.94. The molecule has 0 aromatic carbocycles. The summed E-state index contributed by atoms with van der Waals surface area (Å²) in [5, 5.41) is 0.537. The summed E-state index contributed by atoms with van der Waals surface area (Å²) in [5.41, 5.74) is 3.30. The molecule has 0 N–H and O–H groups in total. The average Bonchev–Trinajstić information content (AvgIpc) is 2.58. The Kier molecular flexibility index (Phi) is 4.29. The number of amides is 1. The largest absolute Gasteiger partial charge is 0.356 e. The molecular formula is C18H20ClN5O. The number of hydrogen-bond acceptors (Lipinski definition) is 5. The quantitative estimate of drug-likeness (QED) is 0.788. The molecule has 6 nitrogen and oxygen atoms in total. The lowest BCUT2D eigenvalue weighted by Gasteiger charge is -2.41. The number of pyridine rings is 1. The van der Waals surface area contributed by atoms with E-state index in [1.807, 2.05) is 24.0 Å². The highest BCUT2D eigenvalue weighted by molar-refractivity contribution is 6.29. The van der Waals surface area contributed by atoms with Gasteiger partial charge in [-0.05, 0) is 30.2 Å². The van der Waals surface area contributed by atoms with Gasteiger partial charge in [-0.2, -0.15) is 0 Å². The molecule has 1 fully saturated rings. The van der Waals surface area contributed by atoms with Gasteiger partial charge in [0.15, 0.2) is 0 Å². The van der Waals surface area contributed by atoms with Gasteiger partial charge in [-0.15, -0.1) is 0 Å². The maximum Gasteiger partial charge on any atom is 0.223 e. The van der Waals surface area contributed by atoms with Crippen molar-refractivity contribution in [3.8, 4) is 0 Å². The lowest BCUT2D eigenvalue weighted by Crippen LogP contribution is -2.49. The molecule has 2 aliphatic heterocycles. The Balaban J connectivity index is 1.34. The van der Waals surface area contributed by atoms with Crippen molar-refractivity contribution < 1.29 is 4.79 Å². The molecule has 0 bridgehead atoms. The molecule has 1 saturated heterocycles. The van der Waals surface area contributed by atoms with Gasteiger partial charge in [0.05, 0.1) is 0 Å². The van der Waals surface area contributed by atoms with Crippen LogP contribution < -0.4 is 4.90 Å². The molecule has 4 rings (SSSR count). The molecule has 2 aromatic rings. The Bertz CT molecular complexity index is 792. The molecule has 0 saturated carbocycles. The zero-order valence-electron chi connectivity index (χ0n) is 14.2. The van der Waals surface area contributed by atoms with E-state index in [0.29, 0.717) is 24.0 Å². The molecule has 2 aromatic heterocycles. The highest BCUT2D eigenvalue weighted by atomic mass is 35.5. The Labute approximate surface area is 151 Å². The van der Waals surface area contributed by atoms with Crippen molar-refractivity contribution in [2.75, 3.05) is 24.5 Å². The Morgan fingerprint density at radius 2 is 2.24 bits per heavy atom. The second-order valence-electron chi connectivity index (χ2n) is 6.80. The third-order valence-electron chi connectivity index (χ3n) is 5.03. The minimum absolute atomic E-state index is 0.229. The van der Waals surface area contributed by atoms with Gasteiger partial charge in [-0.25, -0.2) is 15.0 Å². The van der Waals surface area contributed by atoms with Gasteiger partial charge < -0.3 is 9.80 Å². The third kappa shape index (κ3) is 3.31. The predicted octanol–water partition coefficient (Wildman–Crippen LogP) is 2.24. The normalized spacial score (nSPS) is 17.2. The molecule has 7 heteroatoms. The van der Waals surface area contributed by atoms with Crippen LogP contribution in [0.5, 0.6) is 0 Å². The van der Waals surface area contributed by atoms with E-state index in [1.165, 1.54) is 0 Å². The number of carbonyl (C=O) groups is 1. The highest BCUT2D eigenvalue weighted by Gasteiger charge is 2.32. The number of aromatic nitrogens is 3. The number of nitrogens with zero attached hydrogens (tertiary/aromatic N) is 5. The van der Waals surface area contributed by atoms with Crippen molar-refractivity contribution in [2.45, 2.75) is 26.3 Å². The van der Waals surface area contributed by atoms with E-state index in [2.05, 4.69) is 19.9 Å². The van der Waals surface area contributed by atoms with E-state index in [9.17, 15) is 4.79 Å². The molecule has 2 aliphatic rings. The number of fused-ring (bicyclic) bond motifs is 1. The summed E-state index contributed by atoms with van der Waals surface area (Å²) in [5.74, 6) is 1.56. The van der Waals surface area contributed by atoms with Crippen LogP contribution in [0.1, 0.15) is 23.2 Å². The van der Waals surface area contributed by atoms with Crippen molar-refractivity contribution in [2.24, 2.45) is 5.92 Å². The van der Waals surface area contributed by atoms with Crippen LogP contribution in [0.25, 0.3) is 0 Å². The van der Waals surface area contributed by atoms with E-state index in [1.54, 1.807) is 12.5 Å². The second-order valence-corrected chi connectivity index (χ2v) is 7.18. The van der Waals surface area contributed by atoms with Gasteiger partial charge in [0.25, 0.3) is 0 Å². The smallest absolute Gasteiger partial charge is 0.223 e. The van der Waals surface area contributed by atoms with E-state index >= 15 is 0 Å². The predicted molar refractivity (Wildman–Crippen MR) is 95.5 cm³/mol. The molecular weight excluding hydrogens is 338 g/mol. The molecule has 25 heavy (non-hydrogen) atoms. The molecule has 0 radical (unpaired) electrons. The number of aryl methyl sites for hydroxylation is 1. The van der Waals surface area contributed by atoms with Gasteiger partial charge in [0, 0.05) is 56.8 Å². The summed E-state index contributed by atoms with van der Waals surface area (Å²) >= 11 is 6.03. The fourth-order valence-electron chi connectivity index (χ4n) is 3.60. The average molecular weight is 358 g/mol. The van der Waals surface area contributed by atoms with Gasteiger partial charge >= 0.3 is 0 Å². The maximum atomic E-state index is 12.7. The van der Waals surface area contributed by atoms with Crippen molar-refractivity contribution in [3.63, 3.8) is 0 Å². The summed E-state index contributed by atoms with van der Waals surface area (Å²) in [6.07, 6.45) is 4.67. The summed E-state index contributed by atoms with van der Waals surface area (Å²) in [6.45, 7) is 5.16. The van der Waals surface area contributed by atoms with Crippen molar-refractivity contribution in [1.29, 1.82) is 0 Å². The first-order chi connectivity index (χ1) is 12.1. The fourth-order valence-corrected chi connectivity index (χ4v) is 3.87. The fraction of sp³-hybridized carbons (Fsp3) is 0.444. The zero-order chi connectivity index (χ0) is 17.4. The third-order valence-corrected chi connectivity index (χ3v) is 5.23. The van der Waals surface area contributed by atoms with Gasteiger partial charge in [-0.3, -0.25) is 4.79 Å². The van der Waals surface area contributed by atoms with Crippen LogP contribution in [0.4, 0.5) is 5.82 Å². The van der Waals surface area contributed by atoms with Crippen molar-refractivity contribution >= 4 is 23.3 Å². The van der Waals surface area contributed by atoms with Gasteiger partial charge in [0.2, 0.25) is 5.91 Å². The molecule has 1 amide bonds. The molecule has 0 unspecified atom stereocenters. The lowest BCUT2D eigenvalue weighted by molar-refractivity contribution is -0.133. The van der Waals surface area contributed by atoms with Gasteiger partial charge in [-0.1, -0.05) is 11.6 Å². The molecule has 130 valence electrons. The summed E-state index contributed by atoms with van der Waals surface area (Å²) in [6, 6.07) is 3.78. The van der Waals surface area contributed by atoms with Crippen LogP contribution in [-0.4, -0.2) is 45.4 Å². The van der Waals surface area contributed by atoms with Gasteiger partial charge in [0.1, 0.15) is 17.3 Å². The standard InChI is InChI=1S/C18H20ClN5O/c1-12-6-16(19)22-15-3-5-23(10-14(12)15)18(25)7-13-8-24(9-13)17-2-4-20-11-21-17/h2,4,6,11,13H,3,5,7-10H2,1H3. The van der Waals surface area contributed by atoms with Crippen molar-refractivity contribution in [1.82, 2.24) is 19.9 Å². The number of halogens is 1. The van der Waals surface area contributed by atoms with Crippen LogP contribution in [-0.2, 0) is 17.8 Å². The van der Waals surface area contributed by atoms with Crippen LogP contribution in [0, 0.1) is 12.8 Å². The van der Waals surface area contributed by atoms with E-state index in [0.717, 1.165) is 48.7 Å². The number of rotatable bonds is 3. The molecule has 0 atom stereocenters. The topological polar surface area (TPSA) is 62.2 Å². The van der Waals surface area contributed by atoms with Crippen LogP contribution in [0.3, 0.4) is 0 Å². The number of anilines is 1. The Hall–Kier alpha value is -2.21. The van der Waals surface area contributed by atoms with E-state index in [4.69, 9.17) is 11.6 Å². The van der Waals surface area contributed by atoms with Crippen LogP contribution >= 0.6 is 11.6 Å². The monoisotopic (exact) mass is 357 g/mol. The minimum Gasteiger partial charge on any atom is -0.356 e. The summed E-state index contributed by atoms with van der Waals surface area (Å²) in [4.78, 5) is 29.4. The van der Waals surface area contributed by atoms with Crippen molar-refractivity contribution in [3.05, 3.63) is 46.6 Å². The molecule has 4 heterocycles. The molecule has 0 spiro atoms. The first-order valence-corrected chi connectivity index (χ1v) is 8.91. The number of carbonyl (C=O) groups excluding carboxylic acids is 1.